The van der Waals surface area contributed by atoms with Gasteiger partial charge in [-0.1, -0.05) is 54.1 Å². The van der Waals surface area contributed by atoms with Gasteiger partial charge in [0.1, 0.15) is 5.75 Å². The van der Waals surface area contributed by atoms with E-state index in [9.17, 15) is 13.2 Å². The number of halogens is 1. The standard InChI is InChI=1S/C26H29ClN2O4S/c1-4-33-25-15-14-24(16-19(25)2)34(31,32)29(17-21-8-6-5-7-9-21)18-26(30)28-20(3)22-10-12-23(27)13-11-22/h5-16,20H,4,17-18H2,1-3H3,(H,28,30). The van der Waals surface area contributed by atoms with Crippen LogP contribution in [0.3, 0.4) is 0 Å². The summed E-state index contributed by atoms with van der Waals surface area (Å²) in [7, 11) is -3.96. The molecule has 0 aliphatic rings. The van der Waals surface area contributed by atoms with E-state index in [2.05, 4.69) is 5.32 Å². The van der Waals surface area contributed by atoms with Crippen LogP contribution in [0.4, 0.5) is 0 Å². The first-order chi connectivity index (χ1) is 16.2. The van der Waals surface area contributed by atoms with Gasteiger partial charge < -0.3 is 10.1 Å². The highest BCUT2D eigenvalue weighted by Gasteiger charge is 2.28. The summed E-state index contributed by atoms with van der Waals surface area (Å²) in [6.45, 7) is 5.74. The minimum absolute atomic E-state index is 0.0676. The second-order valence-electron chi connectivity index (χ2n) is 7.96. The van der Waals surface area contributed by atoms with E-state index in [0.717, 1.165) is 11.1 Å². The SMILES string of the molecule is CCOc1ccc(S(=O)(=O)N(CC(=O)NC(C)c2ccc(Cl)cc2)Cc2ccccc2)cc1C. The maximum Gasteiger partial charge on any atom is 0.243 e. The normalized spacial score (nSPS) is 12.4. The molecular weight excluding hydrogens is 472 g/mol. The van der Waals surface area contributed by atoms with Gasteiger partial charge in [-0.05, 0) is 67.8 Å². The summed E-state index contributed by atoms with van der Waals surface area (Å²) in [5.41, 5.74) is 2.37. The highest BCUT2D eigenvalue weighted by atomic mass is 35.5. The van der Waals surface area contributed by atoms with E-state index < -0.39 is 15.9 Å². The zero-order valence-corrected chi connectivity index (χ0v) is 21.1. The Labute approximate surface area is 206 Å². The van der Waals surface area contributed by atoms with Crippen LogP contribution >= 0.6 is 11.6 Å². The Morgan fingerprint density at radius 2 is 1.74 bits per heavy atom. The molecule has 3 aromatic rings. The molecule has 3 aromatic carbocycles. The molecule has 1 amide bonds. The first kappa shape index (κ1) is 25.7. The summed E-state index contributed by atoms with van der Waals surface area (Å²) in [4.78, 5) is 13.0. The van der Waals surface area contributed by atoms with E-state index in [1.165, 1.54) is 10.4 Å². The van der Waals surface area contributed by atoms with Gasteiger partial charge in [-0.25, -0.2) is 8.42 Å². The Balaban J connectivity index is 1.85. The summed E-state index contributed by atoms with van der Waals surface area (Å²) in [5, 5.41) is 3.49. The molecule has 6 nitrogen and oxygen atoms in total. The number of hydrogen-bond donors (Lipinski definition) is 1. The van der Waals surface area contributed by atoms with E-state index in [0.29, 0.717) is 22.9 Å². The van der Waals surface area contributed by atoms with Crippen molar-refractivity contribution >= 4 is 27.5 Å². The lowest BCUT2D eigenvalue weighted by Crippen LogP contribution is -2.41. The molecule has 0 bridgehead atoms. The number of hydrogen-bond acceptors (Lipinski definition) is 4. The highest BCUT2D eigenvalue weighted by molar-refractivity contribution is 7.89. The van der Waals surface area contributed by atoms with Gasteiger partial charge in [0.25, 0.3) is 0 Å². The summed E-state index contributed by atoms with van der Waals surface area (Å²) >= 11 is 5.95. The fourth-order valence-corrected chi connectivity index (χ4v) is 5.14. The van der Waals surface area contributed by atoms with Crippen molar-refractivity contribution in [2.75, 3.05) is 13.2 Å². The fraction of sp³-hybridized carbons (Fsp3) is 0.269. The van der Waals surface area contributed by atoms with Crippen LogP contribution in [0, 0.1) is 6.92 Å². The molecule has 0 saturated heterocycles. The lowest BCUT2D eigenvalue weighted by molar-refractivity contribution is -0.122. The molecule has 0 heterocycles. The largest absolute Gasteiger partial charge is 0.494 e. The number of amides is 1. The number of rotatable bonds is 10. The molecule has 8 heteroatoms. The molecule has 0 fully saturated rings. The van der Waals surface area contributed by atoms with E-state index in [1.807, 2.05) is 56.3 Å². The van der Waals surface area contributed by atoms with E-state index in [4.69, 9.17) is 16.3 Å². The molecule has 0 aliphatic heterocycles. The van der Waals surface area contributed by atoms with Crippen LogP contribution in [0.5, 0.6) is 5.75 Å². The Morgan fingerprint density at radius 3 is 2.35 bits per heavy atom. The quantitative estimate of drug-likeness (QED) is 0.419. The van der Waals surface area contributed by atoms with E-state index >= 15 is 0 Å². The van der Waals surface area contributed by atoms with Crippen LogP contribution in [0.15, 0.2) is 77.7 Å². The first-order valence-electron chi connectivity index (χ1n) is 11.0. The molecule has 34 heavy (non-hydrogen) atoms. The Hall–Kier alpha value is -2.87. The van der Waals surface area contributed by atoms with Crippen molar-refractivity contribution < 1.29 is 17.9 Å². The third-order valence-corrected chi connectivity index (χ3v) is 7.39. The first-order valence-corrected chi connectivity index (χ1v) is 12.8. The van der Waals surface area contributed by atoms with Crippen LogP contribution < -0.4 is 10.1 Å². The number of ether oxygens (including phenoxy) is 1. The lowest BCUT2D eigenvalue weighted by Gasteiger charge is -2.24. The number of benzene rings is 3. The van der Waals surface area contributed by atoms with Crippen molar-refractivity contribution in [2.24, 2.45) is 0 Å². The Bertz CT molecular complexity index is 1220. The van der Waals surface area contributed by atoms with Crippen molar-refractivity contribution in [2.45, 2.75) is 38.3 Å². The van der Waals surface area contributed by atoms with Gasteiger partial charge >= 0.3 is 0 Å². The fourth-order valence-electron chi connectivity index (χ4n) is 3.54. The number of carbonyl (C=O) groups is 1. The third kappa shape index (κ3) is 6.59. The third-order valence-electron chi connectivity index (χ3n) is 5.35. The number of nitrogens with one attached hydrogen (secondary N) is 1. The lowest BCUT2D eigenvalue weighted by atomic mass is 10.1. The molecule has 180 valence electrons. The second kappa shape index (κ2) is 11.5. The maximum absolute atomic E-state index is 13.6. The molecule has 0 spiro atoms. The number of carbonyl (C=O) groups excluding carboxylic acids is 1. The van der Waals surface area contributed by atoms with Crippen LogP contribution in [0.25, 0.3) is 0 Å². The predicted octanol–water partition coefficient (Wildman–Crippen LogP) is 5.12. The predicted molar refractivity (Wildman–Crippen MR) is 134 cm³/mol. The minimum atomic E-state index is -3.96. The molecule has 1 N–H and O–H groups in total. The van der Waals surface area contributed by atoms with Crippen LogP contribution in [0.2, 0.25) is 5.02 Å². The van der Waals surface area contributed by atoms with Crippen molar-refractivity contribution in [1.29, 1.82) is 0 Å². The molecule has 1 atom stereocenters. The second-order valence-corrected chi connectivity index (χ2v) is 10.3. The Kier molecular flexibility index (Phi) is 8.72. The molecule has 3 rings (SSSR count). The molecule has 1 unspecified atom stereocenters. The van der Waals surface area contributed by atoms with Crippen molar-refractivity contribution in [3.05, 3.63) is 94.5 Å². The minimum Gasteiger partial charge on any atom is -0.494 e. The molecular formula is C26H29ClN2O4S. The van der Waals surface area contributed by atoms with E-state index in [1.54, 1.807) is 31.2 Å². The summed E-state index contributed by atoms with van der Waals surface area (Å²) in [5.74, 6) is 0.232. The van der Waals surface area contributed by atoms with Gasteiger partial charge in [-0.3, -0.25) is 4.79 Å². The van der Waals surface area contributed by atoms with Crippen LogP contribution in [-0.4, -0.2) is 31.8 Å². The summed E-state index contributed by atoms with van der Waals surface area (Å²) in [6.07, 6.45) is 0. The average molecular weight is 501 g/mol. The summed E-state index contributed by atoms with van der Waals surface area (Å²) in [6, 6.07) is 20.8. The van der Waals surface area contributed by atoms with Crippen LogP contribution in [-0.2, 0) is 21.4 Å². The van der Waals surface area contributed by atoms with Gasteiger partial charge in [-0.15, -0.1) is 0 Å². The zero-order chi connectivity index (χ0) is 24.7. The molecule has 0 saturated carbocycles. The zero-order valence-electron chi connectivity index (χ0n) is 19.5. The number of sulfonamides is 1. The monoisotopic (exact) mass is 500 g/mol. The van der Waals surface area contributed by atoms with Gasteiger partial charge in [0.15, 0.2) is 0 Å². The number of nitrogens with zero attached hydrogens (tertiary/aromatic N) is 1. The molecule has 0 aromatic heterocycles. The topological polar surface area (TPSA) is 75.7 Å². The highest BCUT2D eigenvalue weighted by Crippen LogP contribution is 2.25. The van der Waals surface area contributed by atoms with Crippen LogP contribution in [0.1, 0.15) is 36.6 Å². The number of aryl methyl sites for hydroxylation is 1. The summed E-state index contributed by atoms with van der Waals surface area (Å²) < 4.78 is 33.9. The smallest absolute Gasteiger partial charge is 0.243 e. The van der Waals surface area contributed by atoms with Crippen molar-refractivity contribution in [1.82, 2.24) is 9.62 Å². The van der Waals surface area contributed by atoms with Gasteiger partial charge in [-0.2, -0.15) is 4.31 Å². The van der Waals surface area contributed by atoms with Crippen molar-refractivity contribution in [3.8, 4) is 5.75 Å². The van der Waals surface area contributed by atoms with E-state index in [-0.39, 0.29) is 24.0 Å². The Morgan fingerprint density at radius 1 is 1.06 bits per heavy atom. The van der Waals surface area contributed by atoms with Gasteiger partial charge in [0, 0.05) is 11.6 Å². The van der Waals surface area contributed by atoms with Gasteiger partial charge in [0.05, 0.1) is 24.1 Å². The van der Waals surface area contributed by atoms with Gasteiger partial charge in [0.2, 0.25) is 15.9 Å². The van der Waals surface area contributed by atoms with Crippen molar-refractivity contribution in [3.63, 3.8) is 0 Å². The molecule has 0 aliphatic carbocycles. The molecule has 0 radical (unpaired) electrons. The maximum atomic E-state index is 13.6. The average Bonchev–Trinajstić information content (AvgIpc) is 2.81.